The van der Waals surface area contributed by atoms with E-state index in [1.54, 1.807) is 11.0 Å². The Bertz CT molecular complexity index is 815. The maximum Gasteiger partial charge on any atom is 0.292 e. The zero-order valence-electron chi connectivity index (χ0n) is 14.5. The summed E-state index contributed by atoms with van der Waals surface area (Å²) < 4.78 is 17.2. The van der Waals surface area contributed by atoms with E-state index in [-0.39, 0.29) is 5.91 Å². The van der Waals surface area contributed by atoms with Gasteiger partial charge in [0.05, 0.1) is 37.1 Å². The highest BCUT2D eigenvalue weighted by molar-refractivity contribution is 6.34. The van der Waals surface area contributed by atoms with Crippen molar-refractivity contribution in [2.24, 2.45) is 0 Å². The average Bonchev–Trinajstić information content (AvgIpc) is 2.88. The molecular formula is C20H20ClNO4. The molecule has 5 nitrogen and oxygen atoms in total. The van der Waals surface area contributed by atoms with Crippen LogP contribution in [-0.2, 0) is 26.6 Å². The van der Waals surface area contributed by atoms with Gasteiger partial charge in [-0.2, -0.15) is 0 Å². The Hall–Kier alpha value is -2.08. The summed E-state index contributed by atoms with van der Waals surface area (Å²) in [7, 11) is 0. The SMILES string of the molecule is CCOc1ccc(CN2C(=O)C3(OCCCO3)c3cccc(Cl)c32)cc1. The summed E-state index contributed by atoms with van der Waals surface area (Å²) in [6.45, 7) is 3.91. The van der Waals surface area contributed by atoms with Crippen LogP contribution in [0.5, 0.6) is 5.75 Å². The smallest absolute Gasteiger partial charge is 0.292 e. The van der Waals surface area contributed by atoms with E-state index in [4.69, 9.17) is 25.8 Å². The van der Waals surface area contributed by atoms with Crippen LogP contribution in [0.25, 0.3) is 0 Å². The van der Waals surface area contributed by atoms with Crippen LogP contribution >= 0.6 is 11.6 Å². The maximum atomic E-state index is 13.3. The van der Waals surface area contributed by atoms with Gasteiger partial charge >= 0.3 is 0 Å². The number of carbonyl (C=O) groups excluding carboxylic acids is 1. The molecule has 6 heteroatoms. The van der Waals surface area contributed by atoms with Crippen molar-refractivity contribution in [2.75, 3.05) is 24.7 Å². The number of para-hydroxylation sites is 1. The highest BCUT2D eigenvalue weighted by Gasteiger charge is 2.55. The predicted octanol–water partition coefficient (Wildman–Crippen LogP) is 3.88. The third-order valence-corrected chi connectivity index (χ3v) is 4.92. The highest BCUT2D eigenvalue weighted by Crippen LogP contribution is 2.48. The van der Waals surface area contributed by atoms with Gasteiger partial charge in [-0.25, -0.2) is 0 Å². The number of benzene rings is 2. The lowest BCUT2D eigenvalue weighted by Crippen LogP contribution is -2.47. The standard InChI is InChI=1S/C20H20ClNO4/c1-2-24-15-9-7-14(8-10-15)13-22-18-16(5-3-6-17(18)21)20(19(22)23)25-11-4-12-26-20/h3,5-10H,2,4,11-13H2,1H3. The minimum absolute atomic E-state index is 0.228. The number of hydrogen-bond donors (Lipinski definition) is 0. The number of hydrogen-bond acceptors (Lipinski definition) is 4. The molecule has 4 rings (SSSR count). The molecule has 1 spiro atoms. The monoisotopic (exact) mass is 373 g/mol. The summed E-state index contributed by atoms with van der Waals surface area (Å²) in [5.74, 6) is -0.795. The van der Waals surface area contributed by atoms with E-state index < -0.39 is 5.79 Å². The largest absolute Gasteiger partial charge is 0.494 e. The molecule has 2 aromatic carbocycles. The molecule has 0 unspecified atom stereocenters. The van der Waals surface area contributed by atoms with Crippen molar-refractivity contribution in [3.63, 3.8) is 0 Å². The van der Waals surface area contributed by atoms with E-state index >= 15 is 0 Å². The second kappa shape index (κ2) is 6.91. The predicted molar refractivity (Wildman–Crippen MR) is 98.5 cm³/mol. The fourth-order valence-corrected chi connectivity index (χ4v) is 3.73. The van der Waals surface area contributed by atoms with Crippen LogP contribution < -0.4 is 9.64 Å². The zero-order valence-corrected chi connectivity index (χ0v) is 15.3. The number of carbonyl (C=O) groups is 1. The Morgan fingerprint density at radius 2 is 1.88 bits per heavy atom. The first-order valence-corrected chi connectivity index (χ1v) is 9.14. The molecular weight excluding hydrogens is 354 g/mol. The molecule has 2 aromatic rings. The molecule has 0 aliphatic carbocycles. The van der Waals surface area contributed by atoms with Crippen molar-refractivity contribution >= 4 is 23.2 Å². The number of ether oxygens (including phenoxy) is 3. The average molecular weight is 374 g/mol. The Labute approximate surface area is 157 Å². The summed E-state index contributed by atoms with van der Waals surface area (Å²) in [6.07, 6.45) is 0.768. The fourth-order valence-electron chi connectivity index (χ4n) is 3.45. The van der Waals surface area contributed by atoms with Crippen molar-refractivity contribution in [2.45, 2.75) is 25.7 Å². The van der Waals surface area contributed by atoms with Crippen molar-refractivity contribution in [1.29, 1.82) is 0 Å². The Morgan fingerprint density at radius 1 is 1.15 bits per heavy atom. The van der Waals surface area contributed by atoms with Gasteiger partial charge in [-0.15, -0.1) is 0 Å². The number of amides is 1. The highest BCUT2D eigenvalue weighted by atomic mass is 35.5. The lowest BCUT2D eigenvalue weighted by Gasteiger charge is -2.32. The lowest BCUT2D eigenvalue weighted by atomic mass is 10.1. The molecule has 26 heavy (non-hydrogen) atoms. The van der Waals surface area contributed by atoms with Gasteiger partial charge in [0.2, 0.25) is 0 Å². The summed E-state index contributed by atoms with van der Waals surface area (Å²) in [4.78, 5) is 14.9. The van der Waals surface area contributed by atoms with Crippen molar-refractivity contribution < 1.29 is 19.0 Å². The molecule has 0 saturated carbocycles. The van der Waals surface area contributed by atoms with Gasteiger partial charge in [0, 0.05) is 5.56 Å². The fraction of sp³-hybridized carbons (Fsp3) is 0.350. The van der Waals surface area contributed by atoms with E-state index in [2.05, 4.69) is 0 Å². The molecule has 0 N–H and O–H groups in total. The lowest BCUT2D eigenvalue weighted by molar-refractivity contribution is -0.256. The molecule has 1 amide bonds. The summed E-state index contributed by atoms with van der Waals surface area (Å²) in [5, 5.41) is 0.511. The van der Waals surface area contributed by atoms with Crippen LogP contribution in [0.2, 0.25) is 5.02 Å². The van der Waals surface area contributed by atoms with Crippen molar-refractivity contribution in [3.8, 4) is 5.75 Å². The van der Waals surface area contributed by atoms with Gasteiger partial charge in [0.1, 0.15) is 5.75 Å². The number of rotatable bonds is 4. The van der Waals surface area contributed by atoms with Crippen LogP contribution in [0, 0.1) is 0 Å². The van der Waals surface area contributed by atoms with Crippen LogP contribution in [0.1, 0.15) is 24.5 Å². The van der Waals surface area contributed by atoms with E-state index in [0.717, 1.165) is 17.7 Å². The molecule has 0 bridgehead atoms. The Morgan fingerprint density at radius 3 is 2.58 bits per heavy atom. The van der Waals surface area contributed by atoms with Crippen LogP contribution in [0.4, 0.5) is 5.69 Å². The van der Waals surface area contributed by atoms with E-state index in [1.165, 1.54) is 0 Å². The van der Waals surface area contributed by atoms with Gasteiger partial charge < -0.3 is 19.1 Å². The van der Waals surface area contributed by atoms with Gasteiger partial charge in [-0.1, -0.05) is 35.9 Å². The Kier molecular flexibility index (Phi) is 4.61. The van der Waals surface area contributed by atoms with Crippen LogP contribution in [0.15, 0.2) is 42.5 Å². The van der Waals surface area contributed by atoms with E-state index in [1.807, 2.05) is 43.3 Å². The van der Waals surface area contributed by atoms with Crippen LogP contribution in [0.3, 0.4) is 0 Å². The molecule has 136 valence electrons. The summed E-state index contributed by atoms with van der Waals surface area (Å²) in [5.41, 5.74) is 2.32. The third kappa shape index (κ3) is 2.76. The van der Waals surface area contributed by atoms with Gasteiger partial charge in [0.15, 0.2) is 0 Å². The van der Waals surface area contributed by atoms with Gasteiger partial charge in [0.25, 0.3) is 11.7 Å². The maximum absolute atomic E-state index is 13.3. The minimum atomic E-state index is -1.37. The molecule has 0 atom stereocenters. The topological polar surface area (TPSA) is 48.0 Å². The summed E-state index contributed by atoms with van der Waals surface area (Å²) >= 11 is 6.44. The number of nitrogens with zero attached hydrogens (tertiary/aromatic N) is 1. The number of anilines is 1. The molecule has 0 aromatic heterocycles. The van der Waals surface area contributed by atoms with Gasteiger partial charge in [-0.3, -0.25) is 4.79 Å². The molecule has 2 heterocycles. The van der Waals surface area contributed by atoms with Crippen molar-refractivity contribution in [1.82, 2.24) is 0 Å². The first kappa shape index (κ1) is 17.3. The first-order chi connectivity index (χ1) is 12.7. The number of fused-ring (bicyclic) bond motifs is 2. The molecule has 0 radical (unpaired) electrons. The minimum Gasteiger partial charge on any atom is -0.494 e. The van der Waals surface area contributed by atoms with E-state index in [9.17, 15) is 4.79 Å². The molecule has 1 fully saturated rings. The molecule has 2 aliphatic rings. The molecule has 2 aliphatic heterocycles. The normalized spacial score (nSPS) is 18.2. The third-order valence-electron chi connectivity index (χ3n) is 4.61. The second-order valence-corrected chi connectivity index (χ2v) is 6.68. The van der Waals surface area contributed by atoms with Crippen molar-refractivity contribution in [3.05, 3.63) is 58.6 Å². The second-order valence-electron chi connectivity index (χ2n) is 6.27. The van der Waals surface area contributed by atoms with Gasteiger partial charge in [-0.05, 0) is 37.1 Å². The molecule has 1 saturated heterocycles. The van der Waals surface area contributed by atoms with Crippen LogP contribution in [-0.4, -0.2) is 25.7 Å². The first-order valence-electron chi connectivity index (χ1n) is 8.76. The zero-order chi connectivity index (χ0) is 18.1. The Balaban J connectivity index is 1.69. The quantitative estimate of drug-likeness (QED) is 0.816. The number of halogens is 1. The van der Waals surface area contributed by atoms with E-state index in [0.29, 0.717) is 42.6 Å². The summed E-state index contributed by atoms with van der Waals surface area (Å²) in [6, 6.07) is 13.1.